The maximum absolute atomic E-state index is 13.5. The Morgan fingerprint density at radius 2 is 0.825 bits per heavy atom. The number of carbonyl (C=O) groups is 1. The Bertz CT molecular complexity index is 1490. The molecule has 1 amide bonds. The van der Waals surface area contributed by atoms with E-state index in [0.717, 1.165) is 44.9 Å². The van der Waals surface area contributed by atoms with Gasteiger partial charge in [-0.1, -0.05) is 232 Å². The van der Waals surface area contributed by atoms with Crippen molar-refractivity contribution in [2.75, 3.05) is 13.2 Å². The fourth-order valence-electron chi connectivity index (χ4n) is 11.8. The smallest absolute Gasteiger partial charge is 0.220 e. The van der Waals surface area contributed by atoms with Gasteiger partial charge in [0.05, 0.1) is 37.6 Å². The number of hydrogen-bond donors (Lipinski definition) is 12. The van der Waals surface area contributed by atoms with Crippen LogP contribution in [0.4, 0.5) is 0 Å². The van der Waals surface area contributed by atoms with Crippen molar-refractivity contribution in [3.05, 3.63) is 0 Å². The second-order valence-electron chi connectivity index (χ2n) is 24.1. The normalized spacial score (nSPS) is 30.4. The lowest BCUT2D eigenvalue weighted by Gasteiger charge is -2.48. The molecule has 0 aromatic heterocycles. The fourth-order valence-corrected chi connectivity index (χ4v) is 11.8. The Morgan fingerprint density at radius 3 is 1.26 bits per heavy atom. The molecule has 0 spiro atoms. The predicted octanol–water partition coefficient (Wildman–Crippen LogP) is 7.58. The molecule has 18 nitrogen and oxygen atoms in total. The average molecular weight is 1150 g/mol. The molecule has 3 fully saturated rings. The Balaban J connectivity index is 1.48. The monoisotopic (exact) mass is 1150 g/mol. The zero-order chi connectivity index (χ0) is 58.5. The third-order valence-electron chi connectivity index (χ3n) is 17.2. The highest BCUT2D eigenvalue weighted by molar-refractivity contribution is 5.76. The predicted molar refractivity (Wildman–Crippen MR) is 308 cm³/mol. The molecular weight excluding hydrogens is 1030 g/mol. The van der Waals surface area contributed by atoms with Crippen LogP contribution in [0.15, 0.2) is 0 Å². The Labute approximate surface area is 482 Å². The number of carbonyl (C=O) groups excluding carboxylic acids is 1. The maximum Gasteiger partial charge on any atom is 0.220 e. The SMILES string of the molecule is CCCCCCCCCCCCCCCCCCCCCCCCCC(=O)N[C@@H](C[C@@H]1O[C@H](CO)[C@@H](O[C@@H]2O[C@H](CO)[C@H](O)[C@H](O[C@H]3O[C@H](C)[C@H](O)[C@H](O)[C@H]3O)[C@H]2O)[C@H](O)[C@H]1O)[C@H](O)[C@H](O)CCCCCCCCCCCCCC. The Morgan fingerprint density at radius 1 is 0.425 bits per heavy atom. The molecule has 0 radical (unpaired) electrons. The van der Waals surface area contributed by atoms with Crippen LogP contribution in [0.25, 0.3) is 0 Å². The van der Waals surface area contributed by atoms with Crippen molar-refractivity contribution in [3.8, 4) is 0 Å². The first-order valence-electron chi connectivity index (χ1n) is 32.6. The quantitative estimate of drug-likeness (QED) is 0.0261. The van der Waals surface area contributed by atoms with Gasteiger partial charge in [-0.2, -0.15) is 0 Å². The number of nitrogens with one attached hydrogen (secondary N) is 1. The van der Waals surface area contributed by atoms with Crippen molar-refractivity contribution in [1.29, 1.82) is 0 Å². The topological polar surface area (TPSA) is 298 Å². The van der Waals surface area contributed by atoms with Crippen LogP contribution in [0.5, 0.6) is 0 Å². The summed E-state index contributed by atoms with van der Waals surface area (Å²) in [4.78, 5) is 13.5. The summed E-state index contributed by atoms with van der Waals surface area (Å²) in [5, 5.41) is 123. The molecule has 0 saturated carbocycles. The summed E-state index contributed by atoms with van der Waals surface area (Å²) in [6, 6.07) is -1.11. The molecule has 3 aliphatic rings. The van der Waals surface area contributed by atoms with Gasteiger partial charge in [0, 0.05) is 6.42 Å². The van der Waals surface area contributed by atoms with Crippen LogP contribution in [0.3, 0.4) is 0 Å². The number of aliphatic hydroxyl groups is 11. The van der Waals surface area contributed by atoms with Gasteiger partial charge in [0.1, 0.15) is 73.2 Å². The van der Waals surface area contributed by atoms with Crippen molar-refractivity contribution >= 4 is 5.91 Å². The van der Waals surface area contributed by atoms with E-state index in [0.29, 0.717) is 12.8 Å². The first kappa shape index (κ1) is 73.1. The second kappa shape index (κ2) is 44.3. The largest absolute Gasteiger partial charge is 0.394 e. The van der Waals surface area contributed by atoms with Crippen LogP contribution >= 0.6 is 0 Å². The molecule has 0 bridgehead atoms. The summed E-state index contributed by atoms with van der Waals surface area (Å²) >= 11 is 0. The Hall–Kier alpha value is -1.17. The Kier molecular flexibility index (Phi) is 40.5. The van der Waals surface area contributed by atoms with Gasteiger partial charge in [-0.3, -0.25) is 4.79 Å². The molecule has 3 rings (SSSR count). The standard InChI is InChI=1S/C62H119NO17/c1-4-6-8-10-12-14-16-18-19-20-21-22-23-24-25-26-27-28-30-32-34-36-38-40-50(67)63-45(52(69)46(66)39-37-35-33-31-29-17-15-13-11-9-7-5-2)41-47-53(70)56(73)59(49(43-65)77-47)79-62-58(75)60(54(71)48(42-64)78-62)80-61-57(74)55(72)51(68)44(3)76-61/h44-49,51-62,64-66,68-75H,4-43H2,1-3H3,(H,63,67)/t44-,45+,46-,47+,48-,49-,51+,52+,53+,54+,55+,56-,57-,58-,59-,60+,61-,62+/m1/s1. The van der Waals surface area contributed by atoms with Crippen molar-refractivity contribution < 1.29 is 84.7 Å². The molecule has 0 aromatic rings. The van der Waals surface area contributed by atoms with Gasteiger partial charge >= 0.3 is 0 Å². The summed E-state index contributed by atoms with van der Waals surface area (Å²) in [6.07, 6.45) is 16.3. The number of rotatable bonds is 48. The second-order valence-corrected chi connectivity index (χ2v) is 24.1. The molecule has 18 heteroatoms. The summed E-state index contributed by atoms with van der Waals surface area (Å²) in [6.45, 7) is 4.32. The van der Waals surface area contributed by atoms with Gasteiger partial charge in [-0.05, 0) is 26.2 Å². The number of amides is 1. The van der Waals surface area contributed by atoms with E-state index in [1.165, 1.54) is 174 Å². The summed E-state index contributed by atoms with van der Waals surface area (Å²) in [5.74, 6) is -0.340. The van der Waals surface area contributed by atoms with Crippen molar-refractivity contribution in [3.63, 3.8) is 0 Å². The number of aliphatic hydroxyl groups excluding tert-OH is 11. The third-order valence-corrected chi connectivity index (χ3v) is 17.2. The lowest BCUT2D eigenvalue weighted by molar-refractivity contribution is -0.372. The van der Waals surface area contributed by atoms with Crippen LogP contribution in [-0.4, -0.2) is 185 Å². The minimum Gasteiger partial charge on any atom is -0.394 e. The van der Waals surface area contributed by atoms with Gasteiger partial charge < -0.3 is 85.2 Å². The first-order valence-corrected chi connectivity index (χ1v) is 32.6. The lowest BCUT2D eigenvalue weighted by atomic mass is 9.88. The van der Waals surface area contributed by atoms with Crippen molar-refractivity contribution in [1.82, 2.24) is 5.32 Å². The molecule has 3 heterocycles. The molecule has 0 unspecified atom stereocenters. The fraction of sp³-hybridized carbons (Fsp3) is 0.984. The molecule has 18 atom stereocenters. The van der Waals surface area contributed by atoms with E-state index >= 15 is 0 Å². The summed E-state index contributed by atoms with van der Waals surface area (Å²) < 4.78 is 28.9. The molecule has 3 saturated heterocycles. The maximum atomic E-state index is 13.5. The van der Waals surface area contributed by atoms with Crippen LogP contribution in [0.1, 0.15) is 265 Å². The highest BCUT2D eigenvalue weighted by Gasteiger charge is 2.53. The molecular formula is C62H119NO17. The van der Waals surface area contributed by atoms with E-state index in [1.54, 1.807) is 0 Å². The number of ether oxygens (including phenoxy) is 5. The summed E-state index contributed by atoms with van der Waals surface area (Å²) in [5.41, 5.74) is 0. The van der Waals surface area contributed by atoms with E-state index in [-0.39, 0.29) is 25.2 Å². The van der Waals surface area contributed by atoms with Crippen LogP contribution in [-0.2, 0) is 28.5 Å². The zero-order valence-electron chi connectivity index (χ0n) is 50.0. The third kappa shape index (κ3) is 27.9. The molecule has 12 N–H and O–H groups in total. The van der Waals surface area contributed by atoms with Crippen LogP contribution in [0, 0.1) is 0 Å². The van der Waals surface area contributed by atoms with Crippen LogP contribution in [0.2, 0.25) is 0 Å². The molecule has 3 aliphatic heterocycles. The van der Waals surface area contributed by atoms with Gasteiger partial charge in [0.25, 0.3) is 0 Å². The van der Waals surface area contributed by atoms with E-state index in [9.17, 15) is 61.0 Å². The van der Waals surface area contributed by atoms with Crippen LogP contribution < -0.4 is 5.32 Å². The minimum absolute atomic E-state index is 0.189. The molecule has 80 heavy (non-hydrogen) atoms. The number of unbranched alkanes of at least 4 members (excludes halogenated alkanes) is 33. The molecule has 474 valence electrons. The van der Waals surface area contributed by atoms with Gasteiger partial charge in [0.2, 0.25) is 5.91 Å². The lowest BCUT2D eigenvalue weighted by Crippen LogP contribution is -2.66. The van der Waals surface area contributed by atoms with Crippen molar-refractivity contribution in [2.45, 2.75) is 375 Å². The number of hydrogen-bond acceptors (Lipinski definition) is 17. The van der Waals surface area contributed by atoms with Gasteiger partial charge in [-0.25, -0.2) is 0 Å². The molecule has 0 aromatic carbocycles. The average Bonchev–Trinajstić information content (AvgIpc) is 3.50. The minimum atomic E-state index is -1.91. The highest BCUT2D eigenvalue weighted by Crippen LogP contribution is 2.34. The highest BCUT2D eigenvalue weighted by atomic mass is 16.7. The zero-order valence-corrected chi connectivity index (χ0v) is 50.0. The van der Waals surface area contributed by atoms with Gasteiger partial charge in [0.15, 0.2) is 12.6 Å². The van der Waals surface area contributed by atoms with E-state index in [4.69, 9.17) is 23.7 Å². The molecule has 0 aliphatic carbocycles. The van der Waals surface area contributed by atoms with E-state index in [2.05, 4.69) is 19.2 Å². The van der Waals surface area contributed by atoms with E-state index < -0.39 is 123 Å². The summed E-state index contributed by atoms with van der Waals surface area (Å²) in [7, 11) is 0. The van der Waals surface area contributed by atoms with Crippen molar-refractivity contribution in [2.24, 2.45) is 0 Å². The van der Waals surface area contributed by atoms with Gasteiger partial charge in [-0.15, -0.1) is 0 Å². The first-order chi connectivity index (χ1) is 38.7. The van der Waals surface area contributed by atoms with E-state index in [1.807, 2.05) is 0 Å².